The van der Waals surface area contributed by atoms with Crippen LogP contribution in [0.25, 0.3) is 11.0 Å². The number of aliphatic carboxylic acids is 1. The van der Waals surface area contributed by atoms with Gasteiger partial charge in [0.25, 0.3) is 0 Å². The van der Waals surface area contributed by atoms with Crippen LogP contribution >= 0.6 is 0 Å². The maximum absolute atomic E-state index is 11.0. The Kier molecular flexibility index (Phi) is 2.08. The molecule has 19 heavy (non-hydrogen) atoms. The van der Waals surface area contributed by atoms with Crippen molar-refractivity contribution >= 4 is 17.0 Å². The number of aryl methyl sites for hydroxylation is 1. The fraction of sp³-hybridized carbons (Fsp3) is 0.467. The van der Waals surface area contributed by atoms with E-state index >= 15 is 0 Å². The standard InChI is InChI=1S/C15H16N2O2/c1-17-13-6-9(10-7-11(10)15(18)19)4-5-12(13)16-14(17)8-2-3-8/h4-6,8,10-11H,2-3,7H2,1H3,(H,18,19). The number of aromatic nitrogens is 2. The van der Waals surface area contributed by atoms with Crippen molar-refractivity contribution < 1.29 is 9.90 Å². The van der Waals surface area contributed by atoms with Crippen LogP contribution in [0.5, 0.6) is 0 Å². The van der Waals surface area contributed by atoms with Crippen LogP contribution < -0.4 is 0 Å². The summed E-state index contributed by atoms with van der Waals surface area (Å²) in [5.41, 5.74) is 3.31. The Morgan fingerprint density at radius 3 is 2.84 bits per heavy atom. The van der Waals surface area contributed by atoms with Crippen molar-refractivity contribution in [2.45, 2.75) is 31.1 Å². The lowest BCUT2D eigenvalue weighted by atomic mass is 10.1. The molecule has 4 rings (SSSR count). The lowest BCUT2D eigenvalue weighted by Gasteiger charge is -2.02. The molecule has 4 nitrogen and oxygen atoms in total. The summed E-state index contributed by atoms with van der Waals surface area (Å²) >= 11 is 0. The Labute approximate surface area is 111 Å². The van der Waals surface area contributed by atoms with Gasteiger partial charge in [0.05, 0.1) is 17.0 Å². The summed E-state index contributed by atoms with van der Waals surface area (Å²) in [5, 5.41) is 9.02. The highest BCUT2D eigenvalue weighted by Gasteiger charge is 2.44. The first kappa shape index (κ1) is 11.0. The molecule has 2 aromatic rings. The third kappa shape index (κ3) is 1.66. The summed E-state index contributed by atoms with van der Waals surface area (Å²) < 4.78 is 2.18. The molecule has 0 aliphatic heterocycles. The van der Waals surface area contributed by atoms with E-state index in [0.717, 1.165) is 23.0 Å². The van der Waals surface area contributed by atoms with Gasteiger partial charge >= 0.3 is 5.97 Å². The summed E-state index contributed by atoms with van der Waals surface area (Å²) in [7, 11) is 2.06. The van der Waals surface area contributed by atoms with Crippen molar-refractivity contribution in [3.05, 3.63) is 29.6 Å². The van der Waals surface area contributed by atoms with Gasteiger partial charge in [-0.1, -0.05) is 6.07 Å². The van der Waals surface area contributed by atoms with Crippen LogP contribution in [-0.2, 0) is 11.8 Å². The van der Waals surface area contributed by atoms with E-state index in [-0.39, 0.29) is 11.8 Å². The van der Waals surface area contributed by atoms with E-state index in [1.54, 1.807) is 0 Å². The first-order chi connectivity index (χ1) is 9.15. The number of benzene rings is 1. The molecule has 2 unspecified atom stereocenters. The van der Waals surface area contributed by atoms with Crippen LogP contribution in [0.3, 0.4) is 0 Å². The fourth-order valence-electron chi connectivity index (χ4n) is 3.00. The van der Waals surface area contributed by atoms with Crippen LogP contribution in [0, 0.1) is 5.92 Å². The molecular formula is C15H16N2O2. The SMILES string of the molecule is Cn1c(C2CC2)nc2ccc(C3CC3C(=O)O)cc21. The van der Waals surface area contributed by atoms with Crippen molar-refractivity contribution in [2.75, 3.05) is 0 Å². The van der Waals surface area contributed by atoms with E-state index < -0.39 is 5.97 Å². The molecule has 2 atom stereocenters. The van der Waals surface area contributed by atoms with Gasteiger partial charge in [0.1, 0.15) is 5.82 Å². The second kappa shape index (κ2) is 3.59. The van der Waals surface area contributed by atoms with Crippen LogP contribution in [0.4, 0.5) is 0 Å². The van der Waals surface area contributed by atoms with E-state index in [9.17, 15) is 4.79 Å². The molecule has 98 valence electrons. The predicted octanol–water partition coefficient (Wildman–Crippen LogP) is 2.64. The van der Waals surface area contributed by atoms with Gasteiger partial charge in [-0.3, -0.25) is 4.79 Å². The van der Waals surface area contributed by atoms with Gasteiger partial charge in [0.15, 0.2) is 0 Å². The molecule has 2 saturated carbocycles. The van der Waals surface area contributed by atoms with Crippen molar-refractivity contribution in [3.63, 3.8) is 0 Å². The van der Waals surface area contributed by atoms with Crippen LogP contribution in [-0.4, -0.2) is 20.6 Å². The molecule has 2 fully saturated rings. The third-order valence-corrected chi connectivity index (χ3v) is 4.42. The molecule has 0 bridgehead atoms. The highest BCUT2D eigenvalue weighted by Crippen LogP contribution is 2.48. The van der Waals surface area contributed by atoms with E-state index in [0.29, 0.717) is 5.92 Å². The lowest BCUT2D eigenvalue weighted by molar-refractivity contribution is -0.138. The molecule has 2 aliphatic carbocycles. The molecule has 1 N–H and O–H groups in total. The quantitative estimate of drug-likeness (QED) is 0.918. The number of hydrogen-bond donors (Lipinski definition) is 1. The van der Waals surface area contributed by atoms with Gasteiger partial charge in [-0.05, 0) is 42.9 Å². The van der Waals surface area contributed by atoms with Crippen molar-refractivity contribution in [1.29, 1.82) is 0 Å². The Bertz CT molecular complexity index is 685. The summed E-state index contributed by atoms with van der Waals surface area (Å²) in [6.45, 7) is 0. The third-order valence-electron chi connectivity index (χ3n) is 4.42. The molecule has 4 heteroatoms. The van der Waals surface area contributed by atoms with Crippen LogP contribution in [0.2, 0.25) is 0 Å². The predicted molar refractivity (Wildman–Crippen MR) is 71.2 cm³/mol. The van der Waals surface area contributed by atoms with E-state index in [2.05, 4.69) is 17.7 Å². The van der Waals surface area contributed by atoms with Crippen molar-refractivity contribution in [1.82, 2.24) is 9.55 Å². The number of fused-ring (bicyclic) bond motifs is 1. The minimum atomic E-state index is -0.672. The normalized spacial score (nSPS) is 25.7. The maximum Gasteiger partial charge on any atom is 0.307 e. The number of imidazole rings is 1. The highest BCUT2D eigenvalue weighted by molar-refractivity contribution is 5.79. The minimum Gasteiger partial charge on any atom is -0.481 e. The van der Waals surface area contributed by atoms with Gasteiger partial charge in [-0.2, -0.15) is 0 Å². The highest BCUT2D eigenvalue weighted by atomic mass is 16.4. The average molecular weight is 256 g/mol. The molecule has 1 aromatic carbocycles. The molecular weight excluding hydrogens is 240 g/mol. The number of hydrogen-bond acceptors (Lipinski definition) is 2. The molecule has 2 aliphatic rings. The second-order valence-corrected chi connectivity index (χ2v) is 5.84. The largest absolute Gasteiger partial charge is 0.481 e. The zero-order chi connectivity index (χ0) is 13.1. The van der Waals surface area contributed by atoms with Crippen molar-refractivity contribution in [3.8, 4) is 0 Å². The van der Waals surface area contributed by atoms with Gasteiger partial charge in [-0.25, -0.2) is 4.98 Å². The number of nitrogens with zero attached hydrogens (tertiary/aromatic N) is 2. The van der Waals surface area contributed by atoms with E-state index in [4.69, 9.17) is 10.1 Å². The summed E-state index contributed by atoms with van der Waals surface area (Å²) in [6.07, 6.45) is 3.26. The van der Waals surface area contributed by atoms with Gasteiger partial charge in [0, 0.05) is 13.0 Å². The van der Waals surface area contributed by atoms with Gasteiger partial charge in [0.2, 0.25) is 0 Å². The molecule has 1 aromatic heterocycles. The van der Waals surface area contributed by atoms with Gasteiger partial charge < -0.3 is 9.67 Å². The van der Waals surface area contributed by atoms with Crippen LogP contribution in [0.15, 0.2) is 18.2 Å². The van der Waals surface area contributed by atoms with Gasteiger partial charge in [-0.15, -0.1) is 0 Å². The Morgan fingerprint density at radius 2 is 2.21 bits per heavy atom. The lowest BCUT2D eigenvalue weighted by Crippen LogP contribution is -1.99. The Balaban J connectivity index is 1.75. The first-order valence-corrected chi connectivity index (χ1v) is 6.84. The smallest absolute Gasteiger partial charge is 0.307 e. The second-order valence-electron chi connectivity index (χ2n) is 5.84. The molecule has 0 saturated heterocycles. The first-order valence-electron chi connectivity index (χ1n) is 6.84. The zero-order valence-corrected chi connectivity index (χ0v) is 10.8. The summed E-state index contributed by atoms with van der Waals surface area (Å²) in [5.74, 6) is 1.15. The average Bonchev–Trinajstić information content (AvgIpc) is 3.27. The topological polar surface area (TPSA) is 55.1 Å². The number of rotatable bonds is 3. The molecule has 0 amide bonds. The zero-order valence-electron chi connectivity index (χ0n) is 10.8. The number of carboxylic acids is 1. The fourth-order valence-corrected chi connectivity index (χ4v) is 3.00. The summed E-state index contributed by atoms with van der Waals surface area (Å²) in [6, 6.07) is 6.20. The molecule has 1 heterocycles. The Morgan fingerprint density at radius 1 is 1.42 bits per heavy atom. The molecule has 0 spiro atoms. The molecule has 0 radical (unpaired) electrons. The maximum atomic E-state index is 11.0. The Hall–Kier alpha value is -1.84. The number of carbonyl (C=O) groups is 1. The monoisotopic (exact) mass is 256 g/mol. The van der Waals surface area contributed by atoms with Crippen molar-refractivity contribution in [2.24, 2.45) is 13.0 Å². The minimum absolute atomic E-state index is 0.186. The summed E-state index contributed by atoms with van der Waals surface area (Å²) in [4.78, 5) is 15.7. The van der Waals surface area contributed by atoms with E-state index in [1.807, 2.05) is 12.1 Å². The number of carboxylic acid groups (broad SMARTS) is 1. The van der Waals surface area contributed by atoms with E-state index in [1.165, 1.54) is 18.7 Å². The van der Waals surface area contributed by atoms with Crippen LogP contribution in [0.1, 0.15) is 42.5 Å².